The van der Waals surface area contributed by atoms with Gasteiger partial charge in [-0.15, -0.1) is 0 Å². The monoisotopic (exact) mass is 648 g/mol. The zero-order valence-electron chi connectivity index (χ0n) is 22.2. The van der Waals surface area contributed by atoms with Gasteiger partial charge in [-0.1, -0.05) is 12.2 Å². The van der Waals surface area contributed by atoms with Crippen LogP contribution in [0.15, 0.2) is 6.33 Å². The van der Waals surface area contributed by atoms with Gasteiger partial charge in [-0.05, 0) is 13.8 Å². The molecule has 0 aromatic carbocycles. The quantitative estimate of drug-likeness (QED) is 0.0763. The van der Waals surface area contributed by atoms with Crippen molar-refractivity contribution in [3.63, 3.8) is 0 Å². The Morgan fingerprint density at radius 1 is 1.29 bits per heavy atom. The molecule has 5 unspecified atom stereocenters. The lowest BCUT2D eigenvalue weighted by molar-refractivity contribution is -0.171. The van der Waals surface area contributed by atoms with Gasteiger partial charge in [-0.25, -0.2) is 14.3 Å². The number of carbonyl (C=O) groups excluding carboxylic acids is 1. The zero-order chi connectivity index (χ0) is 30.3. The summed E-state index contributed by atoms with van der Waals surface area (Å²) in [7, 11) is -5.99. The van der Waals surface area contributed by atoms with Gasteiger partial charge in [-0.3, -0.25) is 14.0 Å². The van der Waals surface area contributed by atoms with E-state index in [1.165, 1.54) is 6.33 Å². The molecule has 5 heterocycles. The number of imidazole rings is 1. The molecule has 0 bridgehead atoms. The largest absolute Gasteiger partial charge is 0.643 e. The average molecular weight is 648 g/mol. The first-order valence-corrected chi connectivity index (χ1v) is 14.9. The van der Waals surface area contributed by atoms with Crippen molar-refractivity contribution in [3.8, 4) is 0 Å². The fraction of sp³-hybridized carbons (Fsp3) is 0.526. The van der Waals surface area contributed by atoms with Gasteiger partial charge in [0.15, 0.2) is 16.8 Å². The summed E-state index contributed by atoms with van der Waals surface area (Å²) in [4.78, 5) is 51.4. The van der Waals surface area contributed by atoms with Gasteiger partial charge in [0.2, 0.25) is 6.29 Å². The molecule has 1 amide bonds. The van der Waals surface area contributed by atoms with E-state index in [1.807, 2.05) is 20.9 Å². The minimum absolute atomic E-state index is 0.0444. The predicted octanol–water partition coefficient (Wildman–Crippen LogP) is -0.797. The Morgan fingerprint density at radius 3 is 2.71 bits per heavy atom. The van der Waals surface area contributed by atoms with Crippen LogP contribution in [0.25, 0.3) is 11.2 Å². The molecule has 2 saturated heterocycles. The van der Waals surface area contributed by atoms with Crippen molar-refractivity contribution in [2.75, 3.05) is 12.3 Å². The minimum atomic E-state index is -2.92. The van der Waals surface area contributed by atoms with E-state index in [-0.39, 0.29) is 23.7 Å². The molecule has 0 spiro atoms. The van der Waals surface area contributed by atoms with Crippen LogP contribution in [0.1, 0.15) is 23.2 Å². The third-order valence-electron chi connectivity index (χ3n) is 6.62. The Kier molecular flexibility index (Phi) is 9.50. The van der Waals surface area contributed by atoms with Gasteiger partial charge in [0, 0.05) is 24.8 Å². The minimum Gasteiger partial charge on any atom is -0.401 e. The maximum atomic E-state index is 13.1. The number of nitrogens with one attached hydrogen (secondary N) is 2. The number of hydrogen-bond acceptors (Lipinski definition) is 16. The Morgan fingerprint density at radius 2 is 2.02 bits per heavy atom. The van der Waals surface area contributed by atoms with Gasteiger partial charge >= 0.3 is 24.5 Å². The van der Waals surface area contributed by atoms with Crippen molar-refractivity contribution < 1.29 is 52.1 Å². The third kappa shape index (κ3) is 6.48. The summed E-state index contributed by atoms with van der Waals surface area (Å²) >= 11 is 5.25. The molecular weight excluding hydrogens is 621 g/mol. The summed E-state index contributed by atoms with van der Waals surface area (Å²) in [5.74, 6) is -0.493. The molecule has 228 valence electrons. The lowest BCUT2D eigenvalue weighted by atomic mass is 10.1. The summed E-state index contributed by atoms with van der Waals surface area (Å²) in [6, 6.07) is 0. The smallest absolute Gasteiger partial charge is 0.401 e. The number of nitrogens with zero attached hydrogens (tertiary/aromatic N) is 5. The Bertz CT molecular complexity index is 1510. The number of nitrogen functional groups attached to an aromatic ring is 1. The molecule has 0 radical (unpaired) electrons. The van der Waals surface area contributed by atoms with Crippen LogP contribution >= 0.6 is 29.4 Å². The van der Waals surface area contributed by atoms with Crippen LogP contribution < -0.4 is 11.1 Å². The number of fused-ring (bicyclic) bond motifs is 2. The molecule has 2 aliphatic rings. The average Bonchev–Trinajstić information content (AvgIpc) is 3.64. The van der Waals surface area contributed by atoms with E-state index >= 15 is 0 Å². The Hall–Kier alpha value is -2.23. The summed E-state index contributed by atoms with van der Waals surface area (Å²) < 4.78 is 35.7. The van der Waals surface area contributed by atoms with Crippen molar-refractivity contribution in [2.24, 2.45) is 7.05 Å². The van der Waals surface area contributed by atoms with Crippen LogP contribution in [0, 0.1) is 18.5 Å². The number of H-pyrrole nitrogens is 1. The molecule has 19 nitrogen and oxygen atoms in total. The van der Waals surface area contributed by atoms with Crippen LogP contribution in [0.2, 0.25) is 0 Å². The van der Waals surface area contributed by atoms with Crippen LogP contribution in [0.5, 0.6) is 0 Å². The summed E-state index contributed by atoms with van der Waals surface area (Å²) in [6.07, 6.45) is -3.49. The van der Waals surface area contributed by atoms with Crippen LogP contribution in [-0.2, 0) is 46.0 Å². The number of aromatic nitrogens is 6. The Labute approximate surface area is 245 Å². The van der Waals surface area contributed by atoms with E-state index in [0.717, 1.165) is 17.0 Å². The van der Waals surface area contributed by atoms with E-state index in [1.54, 1.807) is 9.25 Å². The molecule has 3 aromatic heterocycles. The third-order valence-corrected chi connectivity index (χ3v) is 8.41. The highest BCUT2D eigenvalue weighted by Gasteiger charge is 2.55. The molecule has 42 heavy (non-hydrogen) atoms. The van der Waals surface area contributed by atoms with Crippen molar-refractivity contribution in [1.29, 1.82) is 0 Å². The number of aryl methyl sites for hydroxylation is 2. The molecule has 23 heteroatoms. The molecule has 0 aliphatic carbocycles. The molecule has 0 saturated carbocycles. The van der Waals surface area contributed by atoms with Crippen molar-refractivity contribution >= 4 is 59.8 Å². The van der Waals surface area contributed by atoms with Gasteiger partial charge in [0.25, 0.3) is 5.91 Å². The highest BCUT2D eigenvalue weighted by atomic mass is 32.1. The number of aromatic amines is 1. The lowest BCUT2D eigenvalue weighted by Crippen LogP contribution is -2.38. The van der Waals surface area contributed by atoms with Crippen molar-refractivity contribution in [3.05, 3.63) is 27.9 Å². The number of hydrogen-bond donors (Lipinski definition) is 7. The standard InChI is InChI=1S/C19H27BN8O11P2S/c1-7-9(8(2)27(3)26-7)4-22-15(29)18-36-12-10(5-34-20(30)38-41(33)39-40(31)32)35-17(13(12)37-18)28-6-23-11-14(28)24-19(21)25-16(11)42/h6,10,12-13,17-18,30-33H,4-5H2,1-3H3,(H,22,29)(H3,21,24,25,42)/t10?,12?,13?,17?,18-,41?/m1/s1. The highest BCUT2D eigenvalue weighted by molar-refractivity contribution is 7.71. The molecule has 5 rings (SSSR count). The predicted molar refractivity (Wildman–Crippen MR) is 146 cm³/mol. The van der Waals surface area contributed by atoms with Crippen molar-refractivity contribution in [1.82, 2.24) is 34.6 Å². The molecular formula is C19H27BN8O11P2S. The molecule has 3 aromatic rings. The van der Waals surface area contributed by atoms with E-state index in [2.05, 4.69) is 34.1 Å². The molecule has 6 atom stereocenters. The second-order valence-electron chi connectivity index (χ2n) is 9.18. The number of rotatable bonds is 11. The zero-order valence-corrected chi connectivity index (χ0v) is 24.8. The first-order chi connectivity index (χ1) is 19.9. The normalized spacial score (nSPS) is 24.4. The fourth-order valence-electron chi connectivity index (χ4n) is 4.66. The van der Waals surface area contributed by atoms with Gasteiger partial charge in [-0.2, -0.15) is 5.10 Å². The first kappa shape index (κ1) is 31.2. The summed E-state index contributed by atoms with van der Waals surface area (Å²) in [6.45, 7) is 3.56. The summed E-state index contributed by atoms with van der Waals surface area (Å²) in [5, 5.41) is 17.1. The lowest BCUT2D eigenvalue weighted by Gasteiger charge is -2.21. The molecule has 8 N–H and O–H groups in total. The summed E-state index contributed by atoms with van der Waals surface area (Å²) in [5.41, 5.74) is 9.12. The first-order valence-electron chi connectivity index (χ1n) is 12.2. The van der Waals surface area contributed by atoms with Gasteiger partial charge in [0.1, 0.15) is 29.5 Å². The van der Waals surface area contributed by atoms with Crippen LogP contribution in [-0.4, -0.2) is 93.4 Å². The van der Waals surface area contributed by atoms with E-state index < -0.39 is 61.3 Å². The van der Waals surface area contributed by atoms with Crippen molar-refractivity contribution in [2.45, 2.75) is 51.2 Å². The number of carbonyl (C=O) groups is 1. The van der Waals surface area contributed by atoms with E-state index in [0.29, 0.717) is 11.2 Å². The van der Waals surface area contributed by atoms with Crippen LogP contribution in [0.3, 0.4) is 0 Å². The number of anilines is 1. The van der Waals surface area contributed by atoms with Gasteiger partial charge < -0.3 is 59.0 Å². The molecule has 2 aliphatic heterocycles. The maximum absolute atomic E-state index is 13.1. The maximum Gasteiger partial charge on any atom is 0.643 e. The number of nitrogens with two attached hydrogens (primary N) is 1. The topological polar surface area (TPSA) is 256 Å². The Balaban J connectivity index is 1.33. The fourth-order valence-corrected chi connectivity index (χ4v) is 5.78. The van der Waals surface area contributed by atoms with Gasteiger partial charge in [0.05, 0.1) is 18.6 Å². The highest BCUT2D eigenvalue weighted by Crippen LogP contribution is 2.46. The second kappa shape index (κ2) is 12.8. The van der Waals surface area contributed by atoms with E-state index in [9.17, 15) is 14.7 Å². The second-order valence-corrected chi connectivity index (χ2v) is 11.4. The van der Waals surface area contributed by atoms with Crippen LogP contribution in [0.4, 0.5) is 5.95 Å². The number of ether oxygens (including phenoxy) is 3. The number of amides is 1. The molecule has 2 fully saturated rings. The van der Waals surface area contributed by atoms with E-state index in [4.69, 9.17) is 46.6 Å². The SMILES string of the molecule is Cc1nn(C)c(C)c1CNC(=O)[C@@H]1OC2C(COB(O)OP(O)OP(O)O)OC(n3cnc4c(=S)nc(N)[nH]c43)C2O1.